The monoisotopic (exact) mass is 225 g/mol. The van der Waals surface area contributed by atoms with Crippen molar-refractivity contribution in [3.8, 4) is 0 Å². The maximum absolute atomic E-state index is 11.9. The van der Waals surface area contributed by atoms with Gasteiger partial charge in [-0.3, -0.25) is 4.79 Å². The first-order valence-corrected chi connectivity index (χ1v) is 6.13. The third-order valence-corrected chi connectivity index (χ3v) is 2.63. The van der Waals surface area contributed by atoms with E-state index in [2.05, 4.69) is 27.4 Å². The number of Topliss-reactive ketones (excluding diaryl/α,β-unsaturated/α-hetero) is 1. The van der Waals surface area contributed by atoms with Gasteiger partial charge < -0.3 is 5.73 Å². The third kappa shape index (κ3) is 7.63. The molecule has 0 aliphatic rings. The molecule has 0 aromatic rings. The van der Waals surface area contributed by atoms with Crippen molar-refractivity contribution >= 4 is 5.78 Å². The molecule has 1 unspecified atom stereocenters. The van der Waals surface area contributed by atoms with Crippen LogP contribution in [0.25, 0.3) is 0 Å². The van der Waals surface area contributed by atoms with Crippen LogP contribution in [-0.4, -0.2) is 12.3 Å². The first-order valence-electron chi connectivity index (χ1n) is 6.13. The highest BCUT2D eigenvalue weighted by Gasteiger charge is 2.22. The molecule has 0 fully saturated rings. The molecule has 0 saturated heterocycles. The zero-order valence-corrected chi connectivity index (χ0v) is 11.3. The molecule has 0 saturated carbocycles. The van der Waals surface area contributed by atoms with Crippen molar-refractivity contribution in [1.29, 1.82) is 0 Å². The minimum Gasteiger partial charge on any atom is -0.330 e. The Morgan fingerprint density at radius 3 is 2.25 bits per heavy atom. The van der Waals surface area contributed by atoms with E-state index in [-0.39, 0.29) is 11.3 Å². The maximum atomic E-state index is 11.9. The molecular formula is C14H27NO. The zero-order valence-electron chi connectivity index (χ0n) is 11.3. The average molecular weight is 225 g/mol. The summed E-state index contributed by atoms with van der Waals surface area (Å²) in [4.78, 5) is 11.9. The molecule has 0 heterocycles. The van der Waals surface area contributed by atoms with Gasteiger partial charge in [0.05, 0.1) is 0 Å². The maximum Gasteiger partial charge on any atom is 0.137 e. The molecule has 0 bridgehead atoms. The van der Waals surface area contributed by atoms with Gasteiger partial charge in [-0.05, 0) is 31.6 Å². The lowest BCUT2D eigenvalue weighted by molar-refractivity contribution is -0.123. The molecule has 0 aliphatic heterocycles. The van der Waals surface area contributed by atoms with Crippen LogP contribution in [0.15, 0.2) is 12.2 Å². The molecule has 2 heteroatoms. The molecule has 2 nitrogen and oxygen atoms in total. The minimum absolute atomic E-state index is 0.0325. The van der Waals surface area contributed by atoms with Crippen molar-refractivity contribution in [3.63, 3.8) is 0 Å². The van der Waals surface area contributed by atoms with Crippen molar-refractivity contribution in [1.82, 2.24) is 0 Å². The van der Waals surface area contributed by atoms with Crippen LogP contribution in [0.5, 0.6) is 0 Å². The van der Waals surface area contributed by atoms with E-state index in [1.54, 1.807) is 0 Å². The SMILES string of the molecule is C=C(C)CCCC(=O)C(CN)CC(C)(C)C. The molecule has 0 aromatic carbocycles. The van der Waals surface area contributed by atoms with Gasteiger partial charge in [0, 0.05) is 18.9 Å². The van der Waals surface area contributed by atoms with Gasteiger partial charge in [-0.2, -0.15) is 0 Å². The zero-order chi connectivity index (χ0) is 12.8. The molecule has 0 radical (unpaired) electrons. The second kappa shape index (κ2) is 6.85. The van der Waals surface area contributed by atoms with Gasteiger partial charge >= 0.3 is 0 Å². The van der Waals surface area contributed by atoms with Gasteiger partial charge in [0.15, 0.2) is 0 Å². The number of allylic oxidation sites excluding steroid dienone is 1. The predicted octanol–water partition coefficient (Wildman–Crippen LogP) is 3.31. The topological polar surface area (TPSA) is 43.1 Å². The standard InChI is InChI=1S/C14H27NO/c1-11(2)7-6-8-13(16)12(10-15)9-14(3,4)5/h12H,1,6-10,15H2,2-5H3. The molecular weight excluding hydrogens is 198 g/mol. The third-order valence-electron chi connectivity index (χ3n) is 2.63. The van der Waals surface area contributed by atoms with Crippen molar-refractivity contribution in [2.24, 2.45) is 17.1 Å². The molecule has 0 spiro atoms. The Labute approximate surface area is 100 Å². The first-order chi connectivity index (χ1) is 7.26. The Kier molecular flexibility index (Phi) is 6.58. The molecule has 1 atom stereocenters. The van der Waals surface area contributed by atoms with E-state index < -0.39 is 0 Å². The van der Waals surface area contributed by atoms with E-state index in [4.69, 9.17) is 5.73 Å². The Hall–Kier alpha value is -0.630. The van der Waals surface area contributed by atoms with Crippen molar-refractivity contribution in [2.75, 3.05) is 6.54 Å². The number of nitrogens with two attached hydrogens (primary N) is 1. The Bertz CT molecular complexity index is 238. The summed E-state index contributed by atoms with van der Waals surface area (Å²) in [5.74, 6) is 0.351. The van der Waals surface area contributed by atoms with Crippen LogP contribution in [-0.2, 0) is 4.79 Å². The Morgan fingerprint density at radius 2 is 1.88 bits per heavy atom. The van der Waals surface area contributed by atoms with Crippen molar-refractivity contribution in [3.05, 3.63) is 12.2 Å². The number of ketones is 1. The normalized spacial score (nSPS) is 13.6. The van der Waals surface area contributed by atoms with Crippen LogP contribution in [0.2, 0.25) is 0 Å². The van der Waals surface area contributed by atoms with Crippen LogP contribution in [0.3, 0.4) is 0 Å². The van der Waals surface area contributed by atoms with Gasteiger partial charge in [0.1, 0.15) is 5.78 Å². The molecule has 94 valence electrons. The summed E-state index contributed by atoms with van der Waals surface area (Å²) in [5.41, 5.74) is 6.99. The highest BCUT2D eigenvalue weighted by Crippen LogP contribution is 2.25. The fourth-order valence-corrected chi connectivity index (χ4v) is 1.84. The Balaban J connectivity index is 4.06. The van der Waals surface area contributed by atoms with Gasteiger partial charge in [-0.25, -0.2) is 0 Å². The van der Waals surface area contributed by atoms with E-state index in [0.29, 0.717) is 18.7 Å². The summed E-state index contributed by atoms with van der Waals surface area (Å²) in [5, 5.41) is 0. The van der Waals surface area contributed by atoms with E-state index in [1.807, 2.05) is 6.92 Å². The summed E-state index contributed by atoms with van der Waals surface area (Å²) < 4.78 is 0. The van der Waals surface area contributed by atoms with Gasteiger partial charge in [0.2, 0.25) is 0 Å². The summed E-state index contributed by atoms with van der Waals surface area (Å²) in [6.45, 7) is 12.8. The second-order valence-electron chi connectivity index (χ2n) is 5.97. The summed E-state index contributed by atoms with van der Waals surface area (Å²) in [6, 6.07) is 0. The molecule has 0 aromatic heterocycles. The average Bonchev–Trinajstić information content (AvgIpc) is 2.11. The van der Waals surface area contributed by atoms with Gasteiger partial charge in [-0.15, -0.1) is 6.58 Å². The number of hydrogen-bond donors (Lipinski definition) is 1. The Morgan fingerprint density at radius 1 is 1.31 bits per heavy atom. The van der Waals surface area contributed by atoms with E-state index in [1.165, 1.54) is 0 Å². The molecule has 2 N–H and O–H groups in total. The summed E-state index contributed by atoms with van der Waals surface area (Å²) in [7, 11) is 0. The molecule has 0 aliphatic carbocycles. The van der Waals surface area contributed by atoms with Crippen molar-refractivity contribution in [2.45, 2.75) is 53.4 Å². The largest absolute Gasteiger partial charge is 0.330 e. The summed E-state index contributed by atoms with van der Waals surface area (Å²) >= 11 is 0. The lowest BCUT2D eigenvalue weighted by Gasteiger charge is -2.24. The van der Waals surface area contributed by atoms with Crippen LogP contribution in [0, 0.1) is 11.3 Å². The number of hydrogen-bond acceptors (Lipinski definition) is 2. The fourth-order valence-electron chi connectivity index (χ4n) is 1.84. The first kappa shape index (κ1) is 15.4. The smallest absolute Gasteiger partial charge is 0.137 e. The fraction of sp³-hybridized carbons (Fsp3) is 0.786. The highest BCUT2D eigenvalue weighted by molar-refractivity contribution is 5.81. The van der Waals surface area contributed by atoms with E-state index in [0.717, 1.165) is 24.8 Å². The lowest BCUT2D eigenvalue weighted by Crippen LogP contribution is -2.28. The summed E-state index contributed by atoms with van der Waals surface area (Å²) in [6.07, 6.45) is 3.38. The van der Waals surface area contributed by atoms with E-state index in [9.17, 15) is 4.79 Å². The second-order valence-corrected chi connectivity index (χ2v) is 5.97. The molecule has 0 amide bonds. The molecule has 16 heavy (non-hydrogen) atoms. The highest BCUT2D eigenvalue weighted by atomic mass is 16.1. The van der Waals surface area contributed by atoms with Crippen LogP contribution >= 0.6 is 0 Å². The number of carbonyl (C=O) groups is 1. The lowest BCUT2D eigenvalue weighted by atomic mass is 9.82. The van der Waals surface area contributed by atoms with Crippen molar-refractivity contribution < 1.29 is 4.79 Å². The number of rotatable bonds is 7. The van der Waals surface area contributed by atoms with Crippen LogP contribution in [0.1, 0.15) is 53.4 Å². The van der Waals surface area contributed by atoms with Gasteiger partial charge in [0.25, 0.3) is 0 Å². The predicted molar refractivity (Wildman–Crippen MR) is 70.3 cm³/mol. The number of carbonyl (C=O) groups excluding carboxylic acids is 1. The van der Waals surface area contributed by atoms with Gasteiger partial charge in [-0.1, -0.05) is 26.3 Å². The van der Waals surface area contributed by atoms with E-state index >= 15 is 0 Å². The quantitative estimate of drug-likeness (QED) is 0.675. The minimum atomic E-state index is 0.0325. The van der Waals surface area contributed by atoms with Crippen LogP contribution in [0.4, 0.5) is 0 Å². The molecule has 0 rings (SSSR count). The van der Waals surface area contributed by atoms with Crippen LogP contribution < -0.4 is 5.73 Å².